The van der Waals surface area contributed by atoms with Gasteiger partial charge < -0.3 is 16.6 Å². The van der Waals surface area contributed by atoms with E-state index in [1.54, 1.807) is 23.6 Å². The summed E-state index contributed by atoms with van der Waals surface area (Å²) in [6.45, 7) is 6.21. The molecule has 7 nitrogen and oxygen atoms in total. The molecule has 0 saturated carbocycles. The number of aromatic nitrogens is 3. The minimum atomic E-state index is -1.83. The molecule has 26 heavy (non-hydrogen) atoms. The molecule has 0 atom stereocenters. The molecule has 1 amide bonds. The zero-order valence-electron chi connectivity index (χ0n) is 15.0. The number of carbonyl (C=O) groups is 1. The van der Waals surface area contributed by atoms with E-state index in [9.17, 15) is 14.3 Å². The molecule has 0 aliphatic heterocycles. The maximum absolute atomic E-state index is 14.4. The number of nitrogens with zero attached hydrogens (tertiary/aromatic N) is 3. The monoisotopic (exact) mass is 357 g/mol. The molecule has 0 aliphatic rings. The van der Waals surface area contributed by atoms with E-state index in [0.717, 1.165) is 5.56 Å². The normalized spacial score (nSPS) is 11.9. The lowest BCUT2D eigenvalue weighted by molar-refractivity contribution is 0.100. The summed E-state index contributed by atoms with van der Waals surface area (Å²) in [5.74, 6) is -0.697. The van der Waals surface area contributed by atoms with Crippen molar-refractivity contribution >= 4 is 22.9 Å². The summed E-state index contributed by atoms with van der Waals surface area (Å²) in [6.07, 6.45) is 1.48. The lowest BCUT2D eigenvalue weighted by Crippen LogP contribution is -2.17. The predicted molar refractivity (Wildman–Crippen MR) is 97.1 cm³/mol. The summed E-state index contributed by atoms with van der Waals surface area (Å²) in [5, 5.41) is 10.1. The molecule has 0 bridgehead atoms. The van der Waals surface area contributed by atoms with Crippen molar-refractivity contribution in [1.29, 1.82) is 0 Å². The summed E-state index contributed by atoms with van der Waals surface area (Å²) in [4.78, 5) is 20.4. The molecule has 0 spiro atoms. The fourth-order valence-corrected chi connectivity index (χ4v) is 3.02. The number of amides is 1. The van der Waals surface area contributed by atoms with Crippen LogP contribution in [0.4, 0.5) is 10.2 Å². The molecule has 0 saturated heterocycles. The van der Waals surface area contributed by atoms with E-state index >= 15 is 0 Å². The number of rotatable bonds is 3. The van der Waals surface area contributed by atoms with Gasteiger partial charge in [0.2, 0.25) is 0 Å². The average Bonchev–Trinajstić information content (AvgIpc) is 2.88. The molecule has 136 valence electrons. The van der Waals surface area contributed by atoms with Crippen LogP contribution in [0.15, 0.2) is 18.3 Å². The van der Waals surface area contributed by atoms with Gasteiger partial charge >= 0.3 is 0 Å². The van der Waals surface area contributed by atoms with Crippen molar-refractivity contribution in [3.05, 3.63) is 40.7 Å². The van der Waals surface area contributed by atoms with E-state index in [1.807, 2.05) is 6.92 Å². The molecule has 2 heterocycles. The van der Waals surface area contributed by atoms with Crippen LogP contribution < -0.4 is 11.5 Å². The third kappa shape index (κ3) is 2.63. The van der Waals surface area contributed by atoms with Gasteiger partial charge in [0.25, 0.3) is 5.91 Å². The molecule has 3 rings (SSSR count). The van der Waals surface area contributed by atoms with Gasteiger partial charge in [0.05, 0.1) is 11.3 Å². The SMILES string of the molecule is Cc1ccc(O)c(C)c1-n1cc(C(N)=O)c2nc(C(C)(C)F)c(N)nc21. The number of phenols is 1. The molecule has 1 aromatic carbocycles. The van der Waals surface area contributed by atoms with Crippen LogP contribution in [0.5, 0.6) is 5.75 Å². The van der Waals surface area contributed by atoms with E-state index in [2.05, 4.69) is 9.97 Å². The fraction of sp³-hybridized carbons (Fsp3) is 0.278. The van der Waals surface area contributed by atoms with E-state index in [4.69, 9.17) is 11.5 Å². The highest BCUT2D eigenvalue weighted by Crippen LogP contribution is 2.34. The van der Waals surface area contributed by atoms with E-state index in [0.29, 0.717) is 11.3 Å². The second kappa shape index (κ2) is 5.69. The highest BCUT2D eigenvalue weighted by molar-refractivity contribution is 6.04. The second-order valence-electron chi connectivity index (χ2n) is 6.75. The number of aryl methyl sites for hydroxylation is 1. The average molecular weight is 357 g/mol. The van der Waals surface area contributed by atoms with Crippen LogP contribution in [0.1, 0.15) is 41.0 Å². The minimum Gasteiger partial charge on any atom is -0.508 e. The number of fused-ring (bicyclic) bond motifs is 1. The van der Waals surface area contributed by atoms with Crippen LogP contribution in [0.2, 0.25) is 0 Å². The Morgan fingerprint density at radius 1 is 1.27 bits per heavy atom. The van der Waals surface area contributed by atoms with Gasteiger partial charge in [-0.3, -0.25) is 9.36 Å². The summed E-state index contributed by atoms with van der Waals surface area (Å²) in [5.41, 5.74) is 12.1. The largest absolute Gasteiger partial charge is 0.508 e. The number of nitrogens with two attached hydrogens (primary N) is 2. The molecule has 0 unspecified atom stereocenters. The molecule has 0 fully saturated rings. The van der Waals surface area contributed by atoms with Crippen molar-refractivity contribution in [3.63, 3.8) is 0 Å². The van der Waals surface area contributed by atoms with Gasteiger partial charge in [0, 0.05) is 11.8 Å². The van der Waals surface area contributed by atoms with Gasteiger partial charge in [-0.1, -0.05) is 6.07 Å². The maximum atomic E-state index is 14.4. The summed E-state index contributed by atoms with van der Waals surface area (Å²) in [6, 6.07) is 3.32. The number of halogens is 1. The number of hydrogen-bond donors (Lipinski definition) is 3. The summed E-state index contributed by atoms with van der Waals surface area (Å²) in [7, 11) is 0. The van der Waals surface area contributed by atoms with Crippen LogP contribution in [0.25, 0.3) is 16.9 Å². The Morgan fingerprint density at radius 2 is 1.92 bits per heavy atom. The first-order valence-electron chi connectivity index (χ1n) is 7.99. The number of aromatic hydroxyl groups is 1. The van der Waals surface area contributed by atoms with E-state index < -0.39 is 11.6 Å². The van der Waals surface area contributed by atoms with Gasteiger partial charge in [0.15, 0.2) is 17.1 Å². The van der Waals surface area contributed by atoms with Crippen molar-refractivity contribution in [3.8, 4) is 11.4 Å². The molecule has 5 N–H and O–H groups in total. The third-order valence-corrected chi connectivity index (χ3v) is 4.32. The first-order chi connectivity index (χ1) is 12.0. The number of anilines is 1. The Labute approximate surface area is 149 Å². The smallest absolute Gasteiger partial charge is 0.252 e. The Morgan fingerprint density at radius 3 is 2.50 bits per heavy atom. The van der Waals surface area contributed by atoms with Crippen molar-refractivity contribution in [2.75, 3.05) is 5.73 Å². The molecule has 2 aromatic heterocycles. The van der Waals surface area contributed by atoms with Crippen LogP contribution in [-0.4, -0.2) is 25.5 Å². The fourth-order valence-electron chi connectivity index (χ4n) is 3.02. The lowest BCUT2D eigenvalue weighted by Gasteiger charge is -2.16. The van der Waals surface area contributed by atoms with Crippen LogP contribution in [0, 0.1) is 13.8 Å². The van der Waals surface area contributed by atoms with Gasteiger partial charge in [-0.2, -0.15) is 0 Å². The second-order valence-corrected chi connectivity index (χ2v) is 6.75. The quantitative estimate of drug-likeness (QED) is 0.665. The lowest BCUT2D eigenvalue weighted by atomic mass is 10.1. The maximum Gasteiger partial charge on any atom is 0.252 e. The first kappa shape index (κ1) is 17.7. The third-order valence-electron chi connectivity index (χ3n) is 4.32. The molecule has 0 aliphatic carbocycles. The highest BCUT2D eigenvalue weighted by Gasteiger charge is 2.28. The van der Waals surface area contributed by atoms with E-state index in [1.165, 1.54) is 20.0 Å². The molecular weight excluding hydrogens is 337 g/mol. The van der Waals surface area contributed by atoms with Crippen molar-refractivity contribution in [1.82, 2.24) is 14.5 Å². The predicted octanol–water partition coefficient (Wildman–Crippen LogP) is 2.63. The minimum absolute atomic E-state index is 0.0606. The Balaban J connectivity index is 2.45. The number of primary amides is 1. The van der Waals surface area contributed by atoms with Gasteiger partial charge in [-0.15, -0.1) is 0 Å². The Kier molecular flexibility index (Phi) is 3.86. The standard InChI is InChI=1S/C18H20FN5O2/c1-8-5-6-11(25)9(2)13(8)24-7-10(16(21)26)12-17(24)23-15(20)14(22-12)18(3,4)19/h5-7,25H,1-4H3,(H2,20,23)(H2,21,26). The van der Waals surface area contributed by atoms with Gasteiger partial charge in [-0.05, 0) is 39.3 Å². The summed E-state index contributed by atoms with van der Waals surface area (Å²) < 4.78 is 16.0. The number of benzene rings is 1. The number of hydrogen-bond acceptors (Lipinski definition) is 5. The zero-order valence-corrected chi connectivity index (χ0v) is 15.0. The molecule has 8 heteroatoms. The number of nitrogen functional groups attached to an aromatic ring is 1. The highest BCUT2D eigenvalue weighted by atomic mass is 19.1. The summed E-state index contributed by atoms with van der Waals surface area (Å²) >= 11 is 0. The topological polar surface area (TPSA) is 120 Å². The molecule has 0 radical (unpaired) electrons. The Bertz CT molecular complexity index is 1050. The Hall–Kier alpha value is -3.16. The molecular formula is C18H20FN5O2. The van der Waals surface area contributed by atoms with Crippen LogP contribution in [-0.2, 0) is 5.67 Å². The number of phenolic OH excluding ortho intramolecular Hbond substituents is 1. The number of carbonyl (C=O) groups excluding carboxylic acids is 1. The van der Waals surface area contributed by atoms with E-state index in [-0.39, 0.29) is 34.0 Å². The van der Waals surface area contributed by atoms with Crippen LogP contribution >= 0.6 is 0 Å². The molecule has 3 aromatic rings. The van der Waals surface area contributed by atoms with Gasteiger partial charge in [-0.25, -0.2) is 14.4 Å². The van der Waals surface area contributed by atoms with Crippen molar-refractivity contribution in [2.24, 2.45) is 5.73 Å². The van der Waals surface area contributed by atoms with Gasteiger partial charge in [0.1, 0.15) is 17.0 Å². The van der Waals surface area contributed by atoms with Crippen LogP contribution in [0.3, 0.4) is 0 Å². The van der Waals surface area contributed by atoms with Crippen molar-refractivity contribution < 1.29 is 14.3 Å². The van der Waals surface area contributed by atoms with Crippen molar-refractivity contribution in [2.45, 2.75) is 33.4 Å². The first-order valence-corrected chi connectivity index (χ1v) is 7.99. The number of alkyl halides is 1. The zero-order chi connectivity index (χ0) is 19.4.